The van der Waals surface area contributed by atoms with Crippen LogP contribution in [0.3, 0.4) is 0 Å². The van der Waals surface area contributed by atoms with Gasteiger partial charge in [0.25, 0.3) is 0 Å². The fraction of sp³-hybridized carbons (Fsp3) is 0.979. The molecule has 8 rings (SSSR count). The lowest BCUT2D eigenvalue weighted by molar-refractivity contribution is -0.174. The fourth-order valence-corrected chi connectivity index (χ4v) is 17.9. The van der Waals surface area contributed by atoms with Crippen molar-refractivity contribution in [3.63, 3.8) is 0 Å². The Kier molecular flexibility index (Phi) is 11.0. The quantitative estimate of drug-likeness (QED) is 0.151. The Labute approximate surface area is 329 Å². The third-order valence-corrected chi connectivity index (χ3v) is 20.8. The zero-order valence-corrected chi connectivity index (χ0v) is 35.3. The standard InChI is InChI=1S/C48H81NO5/c1-28(34-10-12-36-43-38(17-21-47(34,36)5)45(3)19-15-32(50)24-30(45)26-40(43)52)8-7-23-49-42(54)14-9-29(2)35-11-13-37-44-39(18-22-48(35,37)6)46(4)20-16-33(51)25-31(46)27-41(44)53/h28-41,43-44,50-53H,7-27H2,1-6H3,(H,49,54)/t28-,29-,30+,31+,32-,33-,34-,35-,36+,37+,38+,39+,40+,41+,43+,44+,45+,46+,47-,48-/m1/s1. The first kappa shape index (κ1) is 40.1. The van der Waals surface area contributed by atoms with Crippen LogP contribution in [0.25, 0.3) is 0 Å². The molecule has 308 valence electrons. The molecule has 0 aromatic heterocycles. The van der Waals surface area contributed by atoms with Gasteiger partial charge < -0.3 is 25.7 Å². The van der Waals surface area contributed by atoms with Crippen molar-refractivity contribution < 1.29 is 25.2 Å². The number of amides is 1. The van der Waals surface area contributed by atoms with Crippen LogP contribution in [0.2, 0.25) is 0 Å². The summed E-state index contributed by atoms with van der Waals surface area (Å²) in [6.45, 7) is 15.8. The lowest BCUT2D eigenvalue weighted by Gasteiger charge is -2.62. The second-order valence-electron chi connectivity index (χ2n) is 22.9. The van der Waals surface area contributed by atoms with Crippen LogP contribution in [0, 0.1) is 92.7 Å². The van der Waals surface area contributed by atoms with Gasteiger partial charge in [0.1, 0.15) is 0 Å². The largest absolute Gasteiger partial charge is 0.393 e. The van der Waals surface area contributed by atoms with Gasteiger partial charge in [0.05, 0.1) is 24.4 Å². The minimum Gasteiger partial charge on any atom is -0.393 e. The van der Waals surface area contributed by atoms with Crippen molar-refractivity contribution in [1.82, 2.24) is 5.32 Å². The number of nitrogens with one attached hydrogen (secondary N) is 1. The summed E-state index contributed by atoms with van der Waals surface area (Å²) in [5.41, 5.74) is 1.12. The zero-order valence-electron chi connectivity index (χ0n) is 35.3. The van der Waals surface area contributed by atoms with Gasteiger partial charge in [0.2, 0.25) is 5.91 Å². The number of fused-ring (bicyclic) bond motifs is 10. The van der Waals surface area contributed by atoms with Crippen molar-refractivity contribution in [2.75, 3.05) is 6.54 Å². The molecule has 8 aliphatic rings. The smallest absolute Gasteiger partial charge is 0.220 e. The van der Waals surface area contributed by atoms with Crippen LogP contribution < -0.4 is 5.32 Å². The maximum Gasteiger partial charge on any atom is 0.220 e. The van der Waals surface area contributed by atoms with Crippen LogP contribution in [-0.4, -0.2) is 57.3 Å². The molecule has 1 amide bonds. The van der Waals surface area contributed by atoms with E-state index in [0.717, 1.165) is 77.2 Å². The summed E-state index contributed by atoms with van der Waals surface area (Å²) in [7, 11) is 0. The van der Waals surface area contributed by atoms with Gasteiger partial charge in [-0.3, -0.25) is 4.79 Å². The molecule has 20 atom stereocenters. The van der Waals surface area contributed by atoms with Crippen molar-refractivity contribution in [2.45, 2.75) is 194 Å². The molecule has 5 N–H and O–H groups in total. The average molecular weight is 752 g/mol. The van der Waals surface area contributed by atoms with E-state index in [1.54, 1.807) is 0 Å². The molecule has 0 aliphatic heterocycles. The first-order valence-electron chi connectivity index (χ1n) is 23.6. The normalized spacial score (nSPS) is 53.5. The van der Waals surface area contributed by atoms with E-state index < -0.39 is 0 Å². The van der Waals surface area contributed by atoms with E-state index in [2.05, 4.69) is 46.9 Å². The van der Waals surface area contributed by atoms with Crippen LogP contribution in [0.15, 0.2) is 0 Å². The van der Waals surface area contributed by atoms with E-state index in [-0.39, 0.29) is 46.6 Å². The summed E-state index contributed by atoms with van der Waals surface area (Å²) in [6, 6.07) is 0. The highest BCUT2D eigenvalue weighted by Crippen LogP contribution is 2.70. The van der Waals surface area contributed by atoms with Crippen LogP contribution in [0.5, 0.6) is 0 Å². The molecule has 8 fully saturated rings. The van der Waals surface area contributed by atoms with Crippen molar-refractivity contribution in [2.24, 2.45) is 92.7 Å². The highest BCUT2D eigenvalue weighted by atomic mass is 16.3. The highest BCUT2D eigenvalue weighted by Gasteiger charge is 2.64. The van der Waals surface area contributed by atoms with Gasteiger partial charge in [-0.2, -0.15) is 0 Å². The molecule has 0 aromatic carbocycles. The Morgan fingerprint density at radius 1 is 0.574 bits per heavy atom. The van der Waals surface area contributed by atoms with Gasteiger partial charge in [0.15, 0.2) is 0 Å². The average Bonchev–Trinajstić information content (AvgIpc) is 3.67. The number of hydrogen-bond donors (Lipinski definition) is 5. The molecular formula is C48H81NO5. The van der Waals surface area contributed by atoms with Crippen molar-refractivity contribution >= 4 is 5.91 Å². The van der Waals surface area contributed by atoms with Crippen LogP contribution in [-0.2, 0) is 4.79 Å². The minimum absolute atomic E-state index is 0.177. The third kappa shape index (κ3) is 6.50. The number of aliphatic hydroxyl groups is 4. The number of carbonyl (C=O) groups excluding carboxylic acids is 1. The molecule has 8 saturated carbocycles. The molecule has 0 radical (unpaired) electrons. The number of hydrogen-bond acceptors (Lipinski definition) is 5. The summed E-state index contributed by atoms with van der Waals surface area (Å²) in [4.78, 5) is 13.2. The highest BCUT2D eigenvalue weighted by molar-refractivity contribution is 5.75. The molecule has 0 unspecified atom stereocenters. The second kappa shape index (κ2) is 14.8. The van der Waals surface area contributed by atoms with Crippen molar-refractivity contribution in [1.29, 1.82) is 0 Å². The van der Waals surface area contributed by atoms with Gasteiger partial charge in [-0.05, 0) is 215 Å². The Balaban J connectivity index is 0.791. The van der Waals surface area contributed by atoms with E-state index in [0.29, 0.717) is 82.9 Å². The van der Waals surface area contributed by atoms with E-state index in [9.17, 15) is 25.2 Å². The predicted octanol–water partition coefficient (Wildman–Crippen LogP) is 8.92. The molecular weight excluding hydrogens is 671 g/mol. The maximum absolute atomic E-state index is 13.2. The topological polar surface area (TPSA) is 110 Å². The minimum atomic E-state index is -0.229. The van der Waals surface area contributed by atoms with E-state index in [1.807, 2.05) is 0 Å². The Bertz CT molecular complexity index is 1360. The van der Waals surface area contributed by atoms with E-state index in [1.165, 1.54) is 51.4 Å². The Morgan fingerprint density at radius 3 is 1.48 bits per heavy atom. The molecule has 54 heavy (non-hydrogen) atoms. The summed E-state index contributed by atoms with van der Waals surface area (Å²) in [5, 5.41) is 47.4. The molecule has 0 aromatic rings. The summed E-state index contributed by atoms with van der Waals surface area (Å²) in [6.07, 6.45) is 20.6. The fourth-order valence-electron chi connectivity index (χ4n) is 17.9. The predicted molar refractivity (Wildman–Crippen MR) is 215 cm³/mol. The molecule has 8 aliphatic carbocycles. The van der Waals surface area contributed by atoms with Crippen LogP contribution >= 0.6 is 0 Å². The summed E-state index contributed by atoms with van der Waals surface area (Å²) < 4.78 is 0. The van der Waals surface area contributed by atoms with Crippen LogP contribution in [0.1, 0.15) is 170 Å². The van der Waals surface area contributed by atoms with Crippen molar-refractivity contribution in [3.05, 3.63) is 0 Å². The third-order valence-electron chi connectivity index (χ3n) is 20.8. The molecule has 6 nitrogen and oxygen atoms in total. The molecule has 6 heteroatoms. The maximum atomic E-state index is 13.2. The Morgan fingerprint density at radius 2 is 1.00 bits per heavy atom. The number of rotatable bonds is 9. The van der Waals surface area contributed by atoms with Crippen molar-refractivity contribution in [3.8, 4) is 0 Å². The first-order valence-corrected chi connectivity index (χ1v) is 23.6. The van der Waals surface area contributed by atoms with Gasteiger partial charge in [-0.15, -0.1) is 0 Å². The SMILES string of the molecule is C[C@H](CCCNC(=O)CC[C@@H](C)[C@H]1CC[C@H]2[C@@H]3[C@@H](O)C[C@@H]4C[C@H](O)CC[C@]4(C)[C@H]3CC[C@]12C)[C@H]1CC[C@H]2[C@@H]3[C@@H](O)C[C@@H]4C[C@H](O)CC[C@]4(C)[C@H]3CC[C@]12C. The van der Waals surface area contributed by atoms with Gasteiger partial charge >= 0.3 is 0 Å². The molecule has 0 saturated heterocycles. The van der Waals surface area contributed by atoms with Gasteiger partial charge in [-0.1, -0.05) is 41.5 Å². The monoisotopic (exact) mass is 752 g/mol. The van der Waals surface area contributed by atoms with Gasteiger partial charge in [-0.25, -0.2) is 0 Å². The molecule has 0 heterocycles. The zero-order chi connectivity index (χ0) is 38.4. The number of aliphatic hydroxyl groups excluding tert-OH is 4. The van der Waals surface area contributed by atoms with E-state index >= 15 is 0 Å². The number of carbonyl (C=O) groups is 1. The van der Waals surface area contributed by atoms with E-state index in [4.69, 9.17) is 0 Å². The summed E-state index contributed by atoms with van der Waals surface area (Å²) in [5.74, 6) is 6.85. The lowest BCUT2D eigenvalue weighted by atomic mass is 9.43. The summed E-state index contributed by atoms with van der Waals surface area (Å²) >= 11 is 0. The van der Waals surface area contributed by atoms with Gasteiger partial charge in [0, 0.05) is 13.0 Å². The molecule has 0 bridgehead atoms. The van der Waals surface area contributed by atoms with Crippen LogP contribution in [0.4, 0.5) is 0 Å². The first-order chi connectivity index (χ1) is 25.6. The lowest BCUT2D eigenvalue weighted by Crippen LogP contribution is -2.58. The molecule has 0 spiro atoms. The second-order valence-corrected chi connectivity index (χ2v) is 22.9. The Hall–Kier alpha value is -0.690.